The topological polar surface area (TPSA) is 69.6 Å². The molecule has 0 bridgehead atoms. The molecule has 3 N–H and O–H groups in total. The van der Waals surface area contributed by atoms with Crippen molar-refractivity contribution in [3.63, 3.8) is 0 Å². The first-order valence-corrected chi connectivity index (χ1v) is 9.11. The summed E-state index contributed by atoms with van der Waals surface area (Å²) >= 11 is 3.23. The van der Waals surface area contributed by atoms with Crippen LogP contribution in [0.4, 0.5) is 32.0 Å². The van der Waals surface area contributed by atoms with E-state index in [0.29, 0.717) is 17.7 Å². The van der Waals surface area contributed by atoms with Gasteiger partial charge in [-0.3, -0.25) is 4.79 Å². The van der Waals surface area contributed by atoms with Crippen LogP contribution >= 0.6 is 15.9 Å². The lowest BCUT2D eigenvalue weighted by molar-refractivity contribution is -0.376. The van der Waals surface area contributed by atoms with Crippen LogP contribution in [-0.2, 0) is 15.8 Å². The second kappa shape index (κ2) is 8.20. The zero-order valence-electron chi connectivity index (χ0n) is 15.3. The first-order chi connectivity index (χ1) is 13.7. The van der Waals surface area contributed by atoms with E-state index in [1.165, 1.54) is 6.92 Å². The number of alkyl halides is 6. The van der Waals surface area contributed by atoms with E-state index in [2.05, 4.69) is 21.2 Å². The summed E-state index contributed by atoms with van der Waals surface area (Å²) in [5.74, 6) is -0.734. The van der Waals surface area contributed by atoms with E-state index in [-0.39, 0.29) is 5.69 Å². The van der Waals surface area contributed by atoms with Gasteiger partial charge in [-0.05, 0) is 36.8 Å². The maximum absolute atomic E-state index is 12.9. The molecule has 2 aromatic carbocycles. The van der Waals surface area contributed by atoms with Crippen molar-refractivity contribution >= 4 is 27.5 Å². The molecule has 2 aromatic rings. The van der Waals surface area contributed by atoms with Gasteiger partial charge in [-0.15, -0.1) is 0 Å². The fourth-order valence-electron chi connectivity index (χ4n) is 2.66. The van der Waals surface area contributed by atoms with Crippen molar-refractivity contribution in [2.75, 3.05) is 11.9 Å². The molecule has 0 aliphatic heterocycles. The molecule has 1 atom stereocenters. The highest BCUT2D eigenvalue weighted by atomic mass is 79.9. The number of carbonyl (C=O) groups is 1. The number of aliphatic hydroxyl groups is 2. The number of rotatable bonds is 5. The Morgan fingerprint density at radius 2 is 1.33 bits per heavy atom. The van der Waals surface area contributed by atoms with E-state index >= 15 is 0 Å². The summed E-state index contributed by atoms with van der Waals surface area (Å²) < 4.78 is 78.4. The van der Waals surface area contributed by atoms with Gasteiger partial charge >= 0.3 is 12.4 Å². The fraction of sp³-hybridized carbons (Fsp3) is 0.316. The number of hydrogen-bond donors (Lipinski definition) is 3. The molecule has 1 amide bonds. The molecule has 0 aromatic heterocycles. The maximum Gasteiger partial charge on any atom is 0.430 e. The third-order valence-corrected chi connectivity index (χ3v) is 5.21. The van der Waals surface area contributed by atoms with Crippen LogP contribution in [0.15, 0.2) is 53.0 Å². The molecule has 0 saturated heterocycles. The molecule has 30 heavy (non-hydrogen) atoms. The summed E-state index contributed by atoms with van der Waals surface area (Å²) in [6.07, 6.45) is -12.0. The predicted octanol–water partition coefficient (Wildman–Crippen LogP) is 4.65. The molecule has 164 valence electrons. The van der Waals surface area contributed by atoms with E-state index in [1.54, 1.807) is 24.3 Å². The average molecular weight is 500 g/mol. The Hall–Kier alpha value is -2.11. The van der Waals surface area contributed by atoms with Crippen LogP contribution in [-0.4, -0.2) is 35.1 Å². The summed E-state index contributed by atoms with van der Waals surface area (Å²) in [4.78, 5) is 12.7. The maximum atomic E-state index is 12.9. The summed E-state index contributed by atoms with van der Waals surface area (Å²) in [7, 11) is 0. The zero-order chi connectivity index (χ0) is 23.0. The van der Waals surface area contributed by atoms with E-state index < -0.39 is 41.4 Å². The number of aliphatic hydroxyl groups excluding tert-OH is 1. The number of benzene rings is 2. The van der Waals surface area contributed by atoms with Crippen LogP contribution in [0, 0.1) is 0 Å². The molecule has 2 rings (SSSR count). The Kier molecular flexibility index (Phi) is 6.60. The molecule has 0 saturated carbocycles. The van der Waals surface area contributed by atoms with E-state index in [0.717, 1.165) is 16.6 Å². The van der Waals surface area contributed by atoms with Crippen molar-refractivity contribution in [3.05, 3.63) is 64.1 Å². The lowest BCUT2D eigenvalue weighted by Crippen LogP contribution is -2.53. The Morgan fingerprint density at radius 3 is 1.73 bits per heavy atom. The van der Waals surface area contributed by atoms with Gasteiger partial charge in [-0.2, -0.15) is 26.3 Å². The molecule has 0 aliphatic carbocycles. The van der Waals surface area contributed by atoms with Gasteiger partial charge in [0.25, 0.3) is 5.60 Å². The molecule has 1 unspecified atom stereocenters. The monoisotopic (exact) mass is 499 g/mol. The largest absolute Gasteiger partial charge is 0.430 e. The van der Waals surface area contributed by atoms with Crippen molar-refractivity contribution in [3.8, 4) is 0 Å². The van der Waals surface area contributed by atoms with Crippen LogP contribution in [0.3, 0.4) is 0 Å². The summed E-state index contributed by atoms with van der Waals surface area (Å²) in [5.41, 5.74) is -7.62. The molecular formula is C19H16BrF6NO3. The highest BCUT2D eigenvalue weighted by Gasteiger charge is 2.71. The van der Waals surface area contributed by atoms with Crippen molar-refractivity contribution in [2.45, 2.75) is 30.3 Å². The highest BCUT2D eigenvalue weighted by Crippen LogP contribution is 2.50. The van der Waals surface area contributed by atoms with Crippen molar-refractivity contribution in [2.24, 2.45) is 0 Å². The number of hydrogen-bond acceptors (Lipinski definition) is 3. The van der Waals surface area contributed by atoms with Crippen LogP contribution in [0.1, 0.15) is 18.1 Å². The first kappa shape index (κ1) is 24.2. The number of halogens is 7. The molecule has 0 spiro atoms. The van der Waals surface area contributed by atoms with Gasteiger partial charge in [-0.25, -0.2) is 0 Å². The Morgan fingerprint density at radius 1 is 0.900 bits per heavy atom. The quantitative estimate of drug-likeness (QED) is 0.524. The van der Waals surface area contributed by atoms with Gasteiger partial charge in [0.2, 0.25) is 5.91 Å². The molecule has 0 fully saturated rings. The highest BCUT2D eigenvalue weighted by molar-refractivity contribution is 9.10. The van der Waals surface area contributed by atoms with Crippen molar-refractivity contribution in [1.82, 2.24) is 0 Å². The van der Waals surface area contributed by atoms with E-state index in [9.17, 15) is 41.4 Å². The van der Waals surface area contributed by atoms with Gasteiger partial charge in [0.05, 0.1) is 12.0 Å². The lowest BCUT2D eigenvalue weighted by atomic mass is 9.82. The second-order valence-electron chi connectivity index (χ2n) is 6.73. The standard InChI is InChI=1S/C19H16BrF6NO3/c1-16(10-28,11-2-6-13(20)7-3-11)15(29)27-14-8-4-12(5-9-14)17(30,18(21,22)23)19(24,25)26/h2-9,28,30H,10H2,1H3,(H,27,29). The molecule has 11 heteroatoms. The third-order valence-electron chi connectivity index (χ3n) is 4.68. The first-order valence-electron chi connectivity index (χ1n) is 8.31. The fourth-order valence-corrected chi connectivity index (χ4v) is 2.93. The van der Waals surface area contributed by atoms with Gasteiger partial charge in [-0.1, -0.05) is 40.2 Å². The molecule has 4 nitrogen and oxygen atoms in total. The van der Waals surface area contributed by atoms with Gasteiger partial charge in [0.1, 0.15) is 0 Å². The lowest BCUT2D eigenvalue weighted by Gasteiger charge is -2.32. The zero-order valence-corrected chi connectivity index (χ0v) is 16.9. The summed E-state index contributed by atoms with van der Waals surface area (Å²) in [5, 5.41) is 21.5. The number of anilines is 1. The van der Waals surface area contributed by atoms with Gasteiger partial charge in [0, 0.05) is 15.7 Å². The van der Waals surface area contributed by atoms with Crippen molar-refractivity contribution < 1.29 is 41.4 Å². The molecule has 0 radical (unpaired) electrons. The molecular weight excluding hydrogens is 484 g/mol. The van der Waals surface area contributed by atoms with E-state index in [4.69, 9.17) is 0 Å². The molecule has 0 aliphatic rings. The Labute approximate surface area is 175 Å². The van der Waals surface area contributed by atoms with Gasteiger partial charge < -0.3 is 15.5 Å². The van der Waals surface area contributed by atoms with E-state index in [1.807, 2.05) is 0 Å². The minimum atomic E-state index is -6.01. The molecule has 0 heterocycles. The minimum absolute atomic E-state index is 0.118. The van der Waals surface area contributed by atoms with Crippen LogP contribution in [0.25, 0.3) is 0 Å². The predicted molar refractivity (Wildman–Crippen MR) is 99.7 cm³/mol. The SMILES string of the molecule is CC(CO)(C(=O)Nc1ccc(C(O)(C(F)(F)F)C(F)(F)F)cc1)c1ccc(Br)cc1. The number of nitrogens with one attached hydrogen (secondary N) is 1. The van der Waals surface area contributed by atoms with Crippen LogP contribution in [0.5, 0.6) is 0 Å². The summed E-state index contributed by atoms with van der Waals surface area (Å²) in [6, 6.07) is 8.88. The average Bonchev–Trinajstić information content (AvgIpc) is 2.66. The smallest absolute Gasteiger partial charge is 0.395 e. The summed E-state index contributed by atoms with van der Waals surface area (Å²) in [6.45, 7) is 0.812. The Bertz CT molecular complexity index is 882. The second-order valence-corrected chi connectivity index (χ2v) is 7.65. The van der Waals surface area contributed by atoms with Crippen LogP contribution in [0.2, 0.25) is 0 Å². The normalized spacial score (nSPS) is 14.9. The van der Waals surface area contributed by atoms with Crippen molar-refractivity contribution in [1.29, 1.82) is 0 Å². The van der Waals surface area contributed by atoms with Crippen LogP contribution < -0.4 is 5.32 Å². The Balaban J connectivity index is 2.32. The minimum Gasteiger partial charge on any atom is -0.395 e. The number of amides is 1. The third kappa shape index (κ3) is 4.33. The van der Waals surface area contributed by atoms with Gasteiger partial charge in [0.15, 0.2) is 0 Å². The number of carbonyl (C=O) groups excluding carboxylic acids is 1.